The highest BCUT2D eigenvalue weighted by atomic mass is 32.2. The molecular weight excluding hydrogens is 238 g/mol. The van der Waals surface area contributed by atoms with Crippen molar-refractivity contribution in [1.82, 2.24) is 20.3 Å². The van der Waals surface area contributed by atoms with Crippen molar-refractivity contribution >= 4 is 17.7 Å². The summed E-state index contributed by atoms with van der Waals surface area (Å²) < 4.78 is 1.39. The Kier molecular flexibility index (Phi) is 4.95. The van der Waals surface area contributed by atoms with Crippen molar-refractivity contribution in [3.63, 3.8) is 0 Å². The van der Waals surface area contributed by atoms with E-state index in [-0.39, 0.29) is 10.7 Å². The Morgan fingerprint density at radius 1 is 1.65 bits per heavy atom. The van der Waals surface area contributed by atoms with Gasteiger partial charge < -0.3 is 11.1 Å². The van der Waals surface area contributed by atoms with Gasteiger partial charge in [-0.2, -0.15) is 11.8 Å². The number of aromatic nitrogens is 3. The largest absolute Gasteiger partial charge is 0.353 e. The predicted octanol–water partition coefficient (Wildman–Crippen LogP) is -0.137. The van der Waals surface area contributed by atoms with Crippen LogP contribution in [0.4, 0.5) is 0 Å². The first-order valence-electron chi connectivity index (χ1n) is 5.40. The zero-order chi connectivity index (χ0) is 12.9. The number of carbonyl (C=O) groups excluding carboxylic acids is 1. The van der Waals surface area contributed by atoms with E-state index in [0.29, 0.717) is 13.1 Å². The molecule has 1 atom stereocenters. The lowest BCUT2D eigenvalue weighted by atomic mass is 10.0. The maximum absolute atomic E-state index is 11.8. The minimum Gasteiger partial charge on any atom is -0.353 e. The lowest BCUT2D eigenvalue weighted by molar-refractivity contribution is -0.122. The second-order valence-electron chi connectivity index (χ2n) is 4.24. The summed E-state index contributed by atoms with van der Waals surface area (Å²) in [5.74, 6) is -0.135. The van der Waals surface area contributed by atoms with E-state index >= 15 is 0 Å². The summed E-state index contributed by atoms with van der Waals surface area (Å²) >= 11 is 1.58. The van der Waals surface area contributed by atoms with Crippen LogP contribution in [0.25, 0.3) is 0 Å². The number of hydrogen-bond donors (Lipinski definition) is 2. The Bertz CT molecular complexity index is 352. The predicted molar refractivity (Wildman–Crippen MR) is 68.6 cm³/mol. The van der Waals surface area contributed by atoms with Crippen LogP contribution in [0, 0.1) is 0 Å². The summed E-state index contributed by atoms with van der Waals surface area (Å²) in [5, 5.41) is 10.3. The number of thioether (sulfide) groups is 1. The number of hydrogen-bond acceptors (Lipinski definition) is 5. The summed E-state index contributed by atoms with van der Waals surface area (Å²) in [6.45, 7) is 5.01. The fourth-order valence-corrected chi connectivity index (χ4v) is 1.56. The van der Waals surface area contributed by atoms with E-state index in [4.69, 9.17) is 5.73 Å². The molecule has 0 bridgehead atoms. The van der Waals surface area contributed by atoms with Crippen molar-refractivity contribution in [2.24, 2.45) is 5.73 Å². The number of nitrogens with zero attached hydrogens (tertiary/aromatic N) is 3. The maximum Gasteiger partial charge on any atom is 0.238 e. The molecule has 0 aliphatic heterocycles. The Balaban J connectivity index is 2.34. The average Bonchev–Trinajstić information content (AvgIpc) is 2.80. The monoisotopic (exact) mass is 257 g/mol. The molecule has 1 aromatic heterocycles. The fraction of sp³-hybridized carbons (Fsp3) is 0.700. The van der Waals surface area contributed by atoms with Gasteiger partial charge in [0.2, 0.25) is 5.91 Å². The van der Waals surface area contributed by atoms with Crippen LogP contribution < -0.4 is 11.1 Å². The van der Waals surface area contributed by atoms with E-state index in [1.807, 2.05) is 20.1 Å². The molecule has 6 nitrogen and oxygen atoms in total. The van der Waals surface area contributed by atoms with Gasteiger partial charge >= 0.3 is 0 Å². The van der Waals surface area contributed by atoms with Gasteiger partial charge in [0, 0.05) is 17.5 Å². The van der Waals surface area contributed by atoms with Gasteiger partial charge in [-0.3, -0.25) is 9.48 Å². The van der Waals surface area contributed by atoms with Gasteiger partial charge in [0.25, 0.3) is 0 Å². The molecule has 0 unspecified atom stereocenters. The molecule has 17 heavy (non-hydrogen) atoms. The molecule has 0 saturated carbocycles. The van der Waals surface area contributed by atoms with Crippen LogP contribution >= 0.6 is 11.8 Å². The molecule has 3 N–H and O–H groups in total. The third-order valence-corrected chi connectivity index (χ3v) is 3.98. The zero-order valence-electron chi connectivity index (χ0n) is 10.4. The van der Waals surface area contributed by atoms with Gasteiger partial charge in [0.1, 0.15) is 0 Å². The molecule has 7 heteroatoms. The van der Waals surface area contributed by atoms with Crippen LogP contribution in [-0.2, 0) is 11.3 Å². The number of nitrogens with two attached hydrogens (primary N) is 1. The molecule has 0 saturated heterocycles. The first-order valence-corrected chi connectivity index (χ1v) is 6.62. The van der Waals surface area contributed by atoms with E-state index in [0.717, 1.165) is 0 Å². The molecule has 96 valence electrons. The number of carbonyl (C=O) groups is 1. The van der Waals surface area contributed by atoms with Crippen LogP contribution in [0.2, 0.25) is 0 Å². The quantitative estimate of drug-likeness (QED) is 0.741. The summed E-state index contributed by atoms with van der Waals surface area (Å²) in [7, 11) is 0. The van der Waals surface area contributed by atoms with Crippen LogP contribution in [0.1, 0.15) is 13.8 Å². The summed E-state index contributed by atoms with van der Waals surface area (Å²) in [6.07, 6.45) is 5.30. The van der Waals surface area contributed by atoms with Crippen molar-refractivity contribution in [3.8, 4) is 0 Å². The van der Waals surface area contributed by atoms with E-state index in [1.54, 1.807) is 28.8 Å². The zero-order valence-corrected chi connectivity index (χ0v) is 11.2. The minimum absolute atomic E-state index is 0.135. The molecule has 1 amide bonds. The van der Waals surface area contributed by atoms with Gasteiger partial charge in [0.05, 0.1) is 18.8 Å². The van der Waals surface area contributed by atoms with Crippen molar-refractivity contribution in [1.29, 1.82) is 0 Å². The summed E-state index contributed by atoms with van der Waals surface area (Å²) in [6, 6.07) is -0.520. The van der Waals surface area contributed by atoms with Gasteiger partial charge in [0.15, 0.2) is 0 Å². The highest BCUT2D eigenvalue weighted by molar-refractivity contribution is 8.00. The third kappa shape index (κ3) is 4.01. The third-order valence-electron chi connectivity index (χ3n) is 2.67. The molecule has 1 rings (SSSR count). The van der Waals surface area contributed by atoms with Gasteiger partial charge in [-0.05, 0) is 20.1 Å². The standard InChI is InChI=1S/C10H19N5OS/c1-10(2,17-3)8(11)9(16)12-4-6-15-7-5-13-14-15/h5,7-8H,4,6,11H2,1-3H3,(H,12,16)/t8-/m1/s1. The highest BCUT2D eigenvalue weighted by Gasteiger charge is 2.30. The maximum atomic E-state index is 11.8. The van der Waals surface area contributed by atoms with Gasteiger partial charge in [-0.25, -0.2) is 0 Å². The molecule has 1 heterocycles. The van der Waals surface area contributed by atoms with E-state index in [1.165, 1.54) is 0 Å². The molecule has 0 aliphatic carbocycles. The number of amides is 1. The molecule has 1 aromatic rings. The Morgan fingerprint density at radius 2 is 2.35 bits per heavy atom. The van der Waals surface area contributed by atoms with Crippen LogP contribution in [-0.4, -0.2) is 44.5 Å². The molecule has 0 aliphatic rings. The van der Waals surface area contributed by atoms with E-state index in [2.05, 4.69) is 15.6 Å². The van der Waals surface area contributed by atoms with Crippen molar-refractivity contribution in [2.75, 3.05) is 12.8 Å². The minimum atomic E-state index is -0.520. The Hall–Kier alpha value is -1.08. The normalized spacial score (nSPS) is 13.4. The first-order chi connectivity index (χ1) is 7.97. The lowest BCUT2D eigenvalue weighted by Gasteiger charge is -2.28. The Labute approximate surface area is 105 Å². The highest BCUT2D eigenvalue weighted by Crippen LogP contribution is 2.24. The topological polar surface area (TPSA) is 85.8 Å². The summed E-state index contributed by atoms with van der Waals surface area (Å²) in [5.41, 5.74) is 5.90. The molecule has 0 aromatic carbocycles. The lowest BCUT2D eigenvalue weighted by Crippen LogP contribution is -2.52. The van der Waals surface area contributed by atoms with Gasteiger partial charge in [-0.15, -0.1) is 5.10 Å². The molecule has 0 spiro atoms. The smallest absolute Gasteiger partial charge is 0.238 e. The molecule has 0 radical (unpaired) electrons. The number of rotatable bonds is 6. The molecule has 0 fully saturated rings. The second kappa shape index (κ2) is 6.02. The Morgan fingerprint density at radius 3 is 2.88 bits per heavy atom. The van der Waals surface area contributed by atoms with Crippen LogP contribution in [0.15, 0.2) is 12.4 Å². The van der Waals surface area contributed by atoms with E-state index < -0.39 is 6.04 Å². The first kappa shape index (κ1) is 14.0. The average molecular weight is 257 g/mol. The van der Waals surface area contributed by atoms with Crippen LogP contribution in [0.3, 0.4) is 0 Å². The van der Waals surface area contributed by atoms with E-state index in [9.17, 15) is 4.79 Å². The molecular formula is C10H19N5OS. The fourth-order valence-electron chi connectivity index (χ4n) is 1.20. The van der Waals surface area contributed by atoms with Gasteiger partial charge in [-0.1, -0.05) is 5.21 Å². The van der Waals surface area contributed by atoms with Crippen LogP contribution in [0.5, 0.6) is 0 Å². The SMILES string of the molecule is CSC(C)(C)[C@H](N)C(=O)NCCn1ccnn1. The van der Waals surface area contributed by atoms with Crippen molar-refractivity contribution in [2.45, 2.75) is 31.2 Å². The number of nitrogens with one attached hydrogen (secondary N) is 1. The summed E-state index contributed by atoms with van der Waals surface area (Å²) in [4.78, 5) is 11.8. The van der Waals surface area contributed by atoms with Crippen molar-refractivity contribution < 1.29 is 4.79 Å². The van der Waals surface area contributed by atoms with Crippen molar-refractivity contribution in [3.05, 3.63) is 12.4 Å². The second-order valence-corrected chi connectivity index (χ2v) is 5.70.